The number of ether oxygens (including phenoxy) is 1. The average molecular weight is 234 g/mol. The third-order valence-corrected chi connectivity index (χ3v) is 2.82. The largest absolute Gasteiger partial charge is 0.493 e. The molecule has 80 valence electrons. The Labute approximate surface area is 97.3 Å². The van der Waals surface area contributed by atoms with Crippen molar-refractivity contribution in [1.29, 1.82) is 0 Å². The summed E-state index contributed by atoms with van der Waals surface area (Å²) in [6, 6.07) is 5.88. The van der Waals surface area contributed by atoms with Gasteiger partial charge in [0.05, 0.1) is 6.61 Å². The molecule has 1 aliphatic heterocycles. The van der Waals surface area contributed by atoms with Crippen LogP contribution in [0.15, 0.2) is 24.5 Å². The van der Waals surface area contributed by atoms with Gasteiger partial charge in [0.2, 0.25) is 0 Å². The number of fused-ring (bicyclic) bond motifs is 1. The number of halogens is 1. The summed E-state index contributed by atoms with van der Waals surface area (Å²) < 4.78 is 5.43. The fourth-order valence-corrected chi connectivity index (χ4v) is 1.96. The second-order valence-corrected chi connectivity index (χ2v) is 3.88. The first-order valence-electron chi connectivity index (χ1n) is 4.94. The van der Waals surface area contributed by atoms with Gasteiger partial charge < -0.3 is 4.74 Å². The van der Waals surface area contributed by atoms with E-state index in [-0.39, 0.29) is 0 Å². The molecule has 4 nitrogen and oxygen atoms in total. The fraction of sp³-hybridized carbons (Fsp3) is 0.182. The predicted octanol–water partition coefficient (Wildman–Crippen LogP) is 2.13. The van der Waals surface area contributed by atoms with E-state index in [0.29, 0.717) is 10.8 Å². The summed E-state index contributed by atoms with van der Waals surface area (Å²) in [5, 5.41) is 8.10. The van der Waals surface area contributed by atoms with Crippen molar-refractivity contribution in [3.8, 4) is 17.0 Å². The van der Waals surface area contributed by atoms with Crippen molar-refractivity contribution < 1.29 is 4.74 Å². The van der Waals surface area contributed by atoms with Crippen LogP contribution >= 0.6 is 11.6 Å². The lowest BCUT2D eigenvalue weighted by Crippen LogP contribution is -1.91. The van der Waals surface area contributed by atoms with Gasteiger partial charge >= 0.3 is 0 Å². The van der Waals surface area contributed by atoms with E-state index in [1.807, 2.05) is 18.2 Å². The molecule has 2 aromatic rings. The van der Waals surface area contributed by atoms with Crippen LogP contribution in [-0.2, 0) is 6.42 Å². The third-order valence-electron chi connectivity index (χ3n) is 2.54. The van der Waals surface area contributed by atoms with E-state index in [1.54, 1.807) is 0 Å². The zero-order chi connectivity index (χ0) is 11.0. The minimum atomic E-state index is 0.369. The molecule has 0 unspecified atom stereocenters. The maximum Gasteiger partial charge on any atom is 0.159 e. The Hall–Kier alpha value is -1.68. The molecule has 0 atom stereocenters. The number of hydrogen-bond acceptors (Lipinski definition) is 4. The van der Waals surface area contributed by atoms with E-state index in [9.17, 15) is 0 Å². The molecule has 1 aliphatic rings. The minimum absolute atomic E-state index is 0.369. The molecule has 1 aromatic carbocycles. The Morgan fingerprint density at radius 3 is 3.12 bits per heavy atom. The van der Waals surface area contributed by atoms with E-state index in [4.69, 9.17) is 16.3 Å². The van der Waals surface area contributed by atoms with E-state index in [1.165, 1.54) is 11.9 Å². The zero-order valence-electron chi connectivity index (χ0n) is 8.35. The SMILES string of the molecule is Clc1ncnnc1-c1ccc2c(c1)CCO2. The molecule has 0 fully saturated rings. The molecular weight excluding hydrogens is 226 g/mol. The molecule has 0 aliphatic carbocycles. The Morgan fingerprint density at radius 2 is 2.25 bits per heavy atom. The van der Waals surface area contributed by atoms with Gasteiger partial charge in [-0.05, 0) is 23.8 Å². The smallest absolute Gasteiger partial charge is 0.159 e. The lowest BCUT2D eigenvalue weighted by Gasteiger charge is -2.03. The van der Waals surface area contributed by atoms with Gasteiger partial charge in [-0.15, -0.1) is 10.2 Å². The van der Waals surface area contributed by atoms with Gasteiger partial charge in [0.25, 0.3) is 0 Å². The standard InChI is InChI=1S/C11H8ClN3O/c12-11-10(15-14-6-13-11)8-1-2-9-7(5-8)3-4-16-9/h1-2,5-6H,3-4H2. The summed E-state index contributed by atoms with van der Waals surface area (Å²) in [7, 11) is 0. The molecule has 5 heteroatoms. The van der Waals surface area contributed by atoms with Crippen molar-refractivity contribution in [2.45, 2.75) is 6.42 Å². The van der Waals surface area contributed by atoms with Gasteiger partial charge in [0.15, 0.2) is 5.15 Å². The Balaban J connectivity index is 2.11. The molecule has 2 heterocycles. The van der Waals surface area contributed by atoms with Crippen LogP contribution in [0.3, 0.4) is 0 Å². The van der Waals surface area contributed by atoms with Crippen molar-refractivity contribution in [3.05, 3.63) is 35.2 Å². The average Bonchev–Trinajstić information content (AvgIpc) is 2.76. The maximum absolute atomic E-state index is 5.96. The number of rotatable bonds is 1. The summed E-state index contributed by atoms with van der Waals surface area (Å²) in [5.41, 5.74) is 2.72. The summed E-state index contributed by atoms with van der Waals surface area (Å²) in [4.78, 5) is 3.91. The molecule has 1 aromatic heterocycles. The Morgan fingerprint density at radius 1 is 1.31 bits per heavy atom. The van der Waals surface area contributed by atoms with Gasteiger partial charge in [-0.3, -0.25) is 0 Å². The van der Waals surface area contributed by atoms with Crippen molar-refractivity contribution in [2.24, 2.45) is 0 Å². The van der Waals surface area contributed by atoms with Crippen LogP contribution in [0.4, 0.5) is 0 Å². The number of benzene rings is 1. The predicted molar refractivity (Wildman–Crippen MR) is 59.5 cm³/mol. The minimum Gasteiger partial charge on any atom is -0.493 e. The number of nitrogens with zero attached hydrogens (tertiary/aromatic N) is 3. The maximum atomic E-state index is 5.96. The van der Waals surface area contributed by atoms with Crippen LogP contribution in [0.1, 0.15) is 5.56 Å². The topological polar surface area (TPSA) is 47.9 Å². The lowest BCUT2D eigenvalue weighted by atomic mass is 10.1. The van der Waals surface area contributed by atoms with Gasteiger partial charge in [-0.2, -0.15) is 0 Å². The monoisotopic (exact) mass is 233 g/mol. The van der Waals surface area contributed by atoms with Gasteiger partial charge in [-0.1, -0.05) is 11.6 Å². The summed E-state index contributed by atoms with van der Waals surface area (Å²) >= 11 is 5.96. The van der Waals surface area contributed by atoms with Crippen LogP contribution in [-0.4, -0.2) is 21.8 Å². The van der Waals surface area contributed by atoms with E-state index in [2.05, 4.69) is 15.2 Å². The molecule has 0 radical (unpaired) electrons. The van der Waals surface area contributed by atoms with Gasteiger partial charge in [-0.25, -0.2) is 4.98 Å². The van der Waals surface area contributed by atoms with Crippen LogP contribution in [0.5, 0.6) is 5.75 Å². The van der Waals surface area contributed by atoms with Crippen molar-refractivity contribution in [1.82, 2.24) is 15.2 Å². The summed E-state index contributed by atoms with van der Waals surface area (Å²) in [5.74, 6) is 0.941. The van der Waals surface area contributed by atoms with Crippen molar-refractivity contribution in [3.63, 3.8) is 0 Å². The first-order chi connectivity index (χ1) is 7.84. The Kier molecular flexibility index (Phi) is 2.22. The van der Waals surface area contributed by atoms with Crippen LogP contribution in [0, 0.1) is 0 Å². The lowest BCUT2D eigenvalue weighted by molar-refractivity contribution is 0.357. The first-order valence-corrected chi connectivity index (χ1v) is 5.31. The van der Waals surface area contributed by atoms with Crippen LogP contribution in [0.25, 0.3) is 11.3 Å². The molecule has 3 rings (SSSR count). The Bertz CT molecular complexity index is 545. The molecule has 0 saturated heterocycles. The first kappa shape index (κ1) is 9.54. The zero-order valence-corrected chi connectivity index (χ0v) is 9.11. The fourth-order valence-electron chi connectivity index (χ4n) is 1.77. The quantitative estimate of drug-likeness (QED) is 0.757. The molecule has 16 heavy (non-hydrogen) atoms. The molecule has 0 spiro atoms. The normalized spacial score (nSPS) is 13.3. The van der Waals surface area contributed by atoms with E-state index in [0.717, 1.165) is 24.3 Å². The highest BCUT2D eigenvalue weighted by molar-refractivity contribution is 6.31. The number of hydrogen-bond donors (Lipinski definition) is 0. The highest BCUT2D eigenvalue weighted by atomic mass is 35.5. The molecule has 0 saturated carbocycles. The highest BCUT2D eigenvalue weighted by Crippen LogP contribution is 2.31. The third kappa shape index (κ3) is 1.51. The molecular formula is C11H8ClN3O. The second-order valence-electron chi connectivity index (χ2n) is 3.52. The molecule has 0 amide bonds. The molecule has 0 N–H and O–H groups in total. The van der Waals surface area contributed by atoms with Gasteiger partial charge in [0, 0.05) is 12.0 Å². The summed E-state index contributed by atoms with van der Waals surface area (Å²) in [6.45, 7) is 0.741. The molecule has 0 bridgehead atoms. The second kappa shape index (κ2) is 3.72. The summed E-state index contributed by atoms with van der Waals surface area (Å²) in [6.07, 6.45) is 2.26. The van der Waals surface area contributed by atoms with E-state index < -0.39 is 0 Å². The van der Waals surface area contributed by atoms with Crippen LogP contribution in [0.2, 0.25) is 5.15 Å². The highest BCUT2D eigenvalue weighted by Gasteiger charge is 2.14. The van der Waals surface area contributed by atoms with Gasteiger partial charge in [0.1, 0.15) is 17.8 Å². The number of aromatic nitrogens is 3. The van der Waals surface area contributed by atoms with Crippen molar-refractivity contribution in [2.75, 3.05) is 6.61 Å². The van der Waals surface area contributed by atoms with E-state index >= 15 is 0 Å². The van der Waals surface area contributed by atoms with Crippen molar-refractivity contribution >= 4 is 11.6 Å². The van der Waals surface area contributed by atoms with Crippen LogP contribution < -0.4 is 4.74 Å².